The third-order valence-corrected chi connectivity index (χ3v) is 5.45. The van der Waals surface area contributed by atoms with Gasteiger partial charge in [0, 0.05) is 37.5 Å². The molecule has 0 spiro atoms. The van der Waals surface area contributed by atoms with Gasteiger partial charge in [0.05, 0.1) is 11.2 Å². The van der Waals surface area contributed by atoms with Crippen molar-refractivity contribution in [1.82, 2.24) is 14.7 Å². The third kappa shape index (κ3) is 3.50. The van der Waals surface area contributed by atoms with E-state index in [1.807, 2.05) is 0 Å². The van der Waals surface area contributed by atoms with Crippen LogP contribution in [0, 0.1) is 5.92 Å². The van der Waals surface area contributed by atoms with Crippen molar-refractivity contribution in [2.45, 2.75) is 25.9 Å². The number of hydrogen-bond donors (Lipinski definition) is 1. The monoisotopic (exact) mass is 370 g/mol. The van der Waals surface area contributed by atoms with Crippen LogP contribution in [0.5, 0.6) is 0 Å². The van der Waals surface area contributed by atoms with Crippen molar-refractivity contribution in [3.05, 3.63) is 65.9 Å². The lowest BCUT2D eigenvalue weighted by Gasteiger charge is -2.16. The summed E-state index contributed by atoms with van der Waals surface area (Å²) in [6.45, 7) is 6.78. The zero-order valence-corrected chi connectivity index (χ0v) is 16.0. The van der Waals surface area contributed by atoms with E-state index in [9.17, 15) is 0 Å². The Balaban J connectivity index is 0.00000196. The molecule has 2 aromatic carbocycles. The van der Waals surface area contributed by atoms with Crippen LogP contribution in [0.15, 0.2) is 54.6 Å². The van der Waals surface area contributed by atoms with E-state index in [0.717, 1.165) is 32.7 Å². The number of benzene rings is 2. The maximum atomic E-state index is 6.09. The Labute approximate surface area is 161 Å². The van der Waals surface area contributed by atoms with E-state index in [1.165, 1.54) is 22.2 Å². The van der Waals surface area contributed by atoms with Gasteiger partial charge in [0.1, 0.15) is 0 Å². The topological polar surface area (TPSA) is 47.1 Å². The molecule has 0 amide bonds. The second kappa shape index (κ2) is 8.21. The van der Waals surface area contributed by atoms with E-state index in [2.05, 4.69) is 71.1 Å². The molecule has 5 heteroatoms. The molecule has 1 aromatic heterocycles. The van der Waals surface area contributed by atoms with Crippen LogP contribution in [-0.4, -0.2) is 34.3 Å². The maximum absolute atomic E-state index is 6.09. The number of aromatic nitrogens is 2. The van der Waals surface area contributed by atoms with Crippen LogP contribution in [0.25, 0.3) is 10.9 Å². The molecule has 0 aliphatic carbocycles. The molecule has 26 heavy (non-hydrogen) atoms. The van der Waals surface area contributed by atoms with Crippen molar-refractivity contribution >= 4 is 23.3 Å². The Morgan fingerprint density at radius 3 is 2.50 bits per heavy atom. The average Bonchev–Trinajstić information content (AvgIpc) is 3.24. The van der Waals surface area contributed by atoms with Gasteiger partial charge >= 0.3 is 0 Å². The SMILES string of the molecule is CCn1nc(CN2C[C@@H](CN)[C@H](c3ccccc3)C2)c2ccccc21.Cl. The van der Waals surface area contributed by atoms with Crippen molar-refractivity contribution in [2.75, 3.05) is 19.6 Å². The van der Waals surface area contributed by atoms with Crippen LogP contribution in [0.4, 0.5) is 0 Å². The summed E-state index contributed by atoms with van der Waals surface area (Å²) in [7, 11) is 0. The largest absolute Gasteiger partial charge is 0.330 e. The Bertz CT molecular complexity index is 846. The Hall–Kier alpha value is -1.88. The van der Waals surface area contributed by atoms with Crippen molar-refractivity contribution in [3.8, 4) is 0 Å². The van der Waals surface area contributed by atoms with E-state index >= 15 is 0 Å². The van der Waals surface area contributed by atoms with Gasteiger partial charge in [-0.1, -0.05) is 48.5 Å². The first-order valence-electron chi connectivity index (χ1n) is 9.22. The van der Waals surface area contributed by atoms with Crippen LogP contribution < -0.4 is 5.73 Å². The fourth-order valence-corrected chi connectivity index (χ4v) is 4.17. The molecule has 1 aliphatic rings. The predicted octanol–water partition coefficient (Wildman–Crippen LogP) is 3.65. The van der Waals surface area contributed by atoms with Gasteiger partial charge in [-0.2, -0.15) is 5.10 Å². The van der Waals surface area contributed by atoms with Gasteiger partial charge in [-0.3, -0.25) is 9.58 Å². The number of hydrogen-bond acceptors (Lipinski definition) is 3. The van der Waals surface area contributed by atoms with Gasteiger partial charge in [-0.25, -0.2) is 0 Å². The normalized spacial score (nSPS) is 20.4. The van der Waals surface area contributed by atoms with Crippen molar-refractivity contribution in [3.63, 3.8) is 0 Å². The van der Waals surface area contributed by atoms with E-state index in [-0.39, 0.29) is 12.4 Å². The molecule has 2 atom stereocenters. The lowest BCUT2D eigenvalue weighted by molar-refractivity contribution is 0.312. The van der Waals surface area contributed by atoms with Crippen LogP contribution >= 0.6 is 12.4 Å². The number of rotatable bonds is 5. The lowest BCUT2D eigenvalue weighted by Crippen LogP contribution is -2.23. The second-order valence-corrected chi connectivity index (χ2v) is 6.99. The van der Waals surface area contributed by atoms with Crippen LogP contribution in [0.2, 0.25) is 0 Å². The van der Waals surface area contributed by atoms with Gasteiger partial charge in [0.25, 0.3) is 0 Å². The first kappa shape index (κ1) is 18.9. The van der Waals surface area contributed by atoms with Gasteiger partial charge in [-0.15, -0.1) is 12.4 Å². The zero-order chi connectivity index (χ0) is 17.2. The predicted molar refractivity (Wildman–Crippen MR) is 110 cm³/mol. The molecule has 2 heterocycles. The van der Waals surface area contributed by atoms with Crippen LogP contribution in [0.3, 0.4) is 0 Å². The molecule has 4 rings (SSSR count). The molecule has 1 saturated heterocycles. The van der Waals surface area contributed by atoms with Crippen LogP contribution in [0.1, 0.15) is 24.1 Å². The highest BCUT2D eigenvalue weighted by molar-refractivity contribution is 5.85. The van der Waals surface area contributed by atoms with Crippen molar-refractivity contribution in [1.29, 1.82) is 0 Å². The molecule has 0 bridgehead atoms. The molecular weight excluding hydrogens is 344 g/mol. The highest BCUT2D eigenvalue weighted by Gasteiger charge is 2.33. The summed E-state index contributed by atoms with van der Waals surface area (Å²) in [6, 6.07) is 19.3. The maximum Gasteiger partial charge on any atom is 0.0843 e. The average molecular weight is 371 g/mol. The minimum Gasteiger partial charge on any atom is -0.330 e. The molecule has 0 unspecified atom stereocenters. The lowest BCUT2D eigenvalue weighted by atomic mass is 9.89. The standard InChI is InChI=1S/C21H26N4.ClH/c1-2-25-21-11-7-6-10-18(21)20(23-25)15-24-13-17(12-22)19(14-24)16-8-4-3-5-9-16;/h3-11,17,19H,2,12-15,22H2,1H3;1H/t17-,19+;/m1./s1. The number of halogens is 1. The van der Waals surface area contributed by atoms with Gasteiger partial charge in [0.2, 0.25) is 0 Å². The molecule has 4 nitrogen and oxygen atoms in total. The van der Waals surface area contributed by atoms with E-state index < -0.39 is 0 Å². The van der Waals surface area contributed by atoms with E-state index in [4.69, 9.17) is 10.8 Å². The molecule has 0 radical (unpaired) electrons. The fraction of sp³-hybridized carbons (Fsp3) is 0.381. The van der Waals surface area contributed by atoms with Crippen molar-refractivity contribution in [2.24, 2.45) is 11.7 Å². The van der Waals surface area contributed by atoms with E-state index in [0.29, 0.717) is 11.8 Å². The van der Waals surface area contributed by atoms with Crippen LogP contribution in [-0.2, 0) is 13.1 Å². The summed E-state index contributed by atoms with van der Waals surface area (Å²) in [5, 5.41) is 6.14. The highest BCUT2D eigenvalue weighted by atomic mass is 35.5. The quantitative estimate of drug-likeness (QED) is 0.745. The summed E-state index contributed by atoms with van der Waals surface area (Å²) in [4.78, 5) is 2.52. The van der Waals surface area contributed by atoms with Gasteiger partial charge in [-0.05, 0) is 31.0 Å². The second-order valence-electron chi connectivity index (χ2n) is 6.99. The first-order valence-corrected chi connectivity index (χ1v) is 9.22. The minimum absolute atomic E-state index is 0. The molecule has 1 aliphatic heterocycles. The molecule has 3 aromatic rings. The third-order valence-electron chi connectivity index (χ3n) is 5.45. The summed E-state index contributed by atoms with van der Waals surface area (Å²) < 4.78 is 2.11. The Morgan fingerprint density at radius 2 is 1.77 bits per heavy atom. The molecular formula is C21H27ClN4. The van der Waals surface area contributed by atoms with Gasteiger partial charge < -0.3 is 5.73 Å². The Morgan fingerprint density at radius 1 is 1.04 bits per heavy atom. The number of aryl methyl sites for hydroxylation is 1. The van der Waals surface area contributed by atoms with E-state index in [1.54, 1.807) is 0 Å². The number of nitrogens with zero attached hydrogens (tertiary/aromatic N) is 3. The zero-order valence-electron chi connectivity index (χ0n) is 15.2. The molecule has 0 saturated carbocycles. The number of nitrogens with two attached hydrogens (primary N) is 1. The number of fused-ring (bicyclic) bond motifs is 1. The summed E-state index contributed by atoms with van der Waals surface area (Å²) in [5.41, 5.74) is 9.91. The first-order chi connectivity index (χ1) is 12.3. The minimum atomic E-state index is 0. The van der Waals surface area contributed by atoms with Crippen molar-refractivity contribution < 1.29 is 0 Å². The summed E-state index contributed by atoms with van der Waals surface area (Å²) >= 11 is 0. The fourth-order valence-electron chi connectivity index (χ4n) is 4.17. The van der Waals surface area contributed by atoms with Gasteiger partial charge in [0.15, 0.2) is 0 Å². The number of para-hydroxylation sites is 1. The summed E-state index contributed by atoms with van der Waals surface area (Å²) in [5.74, 6) is 1.03. The Kier molecular flexibility index (Phi) is 5.97. The molecule has 138 valence electrons. The molecule has 1 fully saturated rings. The highest BCUT2D eigenvalue weighted by Crippen LogP contribution is 2.33. The smallest absolute Gasteiger partial charge is 0.0843 e. The summed E-state index contributed by atoms with van der Waals surface area (Å²) in [6.07, 6.45) is 0. The number of likely N-dealkylation sites (tertiary alicyclic amines) is 1. The molecule has 2 N–H and O–H groups in total.